The number of hydrogen-bond acceptors (Lipinski definition) is 1. The first-order valence-corrected chi connectivity index (χ1v) is 8.61. The van der Waals surface area contributed by atoms with Gasteiger partial charge < -0.3 is 4.98 Å². The van der Waals surface area contributed by atoms with Crippen molar-refractivity contribution in [2.45, 2.75) is 19.3 Å². The van der Waals surface area contributed by atoms with Crippen molar-refractivity contribution >= 4 is 29.3 Å². The van der Waals surface area contributed by atoms with E-state index >= 15 is 0 Å². The Bertz CT molecular complexity index is 838. The van der Waals surface area contributed by atoms with Crippen LogP contribution in [0.3, 0.4) is 0 Å². The van der Waals surface area contributed by atoms with Crippen molar-refractivity contribution in [3.8, 4) is 11.4 Å². The fraction of sp³-hybridized carbons (Fsp3) is 0.150. The summed E-state index contributed by atoms with van der Waals surface area (Å²) in [6, 6.07) is 15.9. The van der Waals surface area contributed by atoms with E-state index in [9.17, 15) is 0 Å². The predicted octanol–water partition coefficient (Wildman–Crippen LogP) is 6.59. The predicted molar refractivity (Wildman–Crippen MR) is 103 cm³/mol. The van der Waals surface area contributed by atoms with Gasteiger partial charge in [-0.3, -0.25) is 0 Å². The van der Waals surface area contributed by atoms with Gasteiger partial charge in [0.05, 0.1) is 21.9 Å². The summed E-state index contributed by atoms with van der Waals surface area (Å²) in [6.07, 6.45) is 6.98. The van der Waals surface area contributed by atoms with Gasteiger partial charge in [-0.2, -0.15) is 0 Å². The van der Waals surface area contributed by atoms with Gasteiger partial charge in [-0.15, -0.1) is 0 Å². The second-order valence-electron chi connectivity index (χ2n) is 5.77. The van der Waals surface area contributed by atoms with E-state index in [1.807, 2.05) is 54.7 Å². The van der Waals surface area contributed by atoms with Crippen LogP contribution in [-0.2, 0) is 0 Å². The molecule has 0 unspecified atom stereocenters. The number of benzene rings is 2. The van der Waals surface area contributed by atoms with Crippen LogP contribution in [0.5, 0.6) is 0 Å². The minimum Gasteiger partial charge on any atom is -0.338 e. The largest absolute Gasteiger partial charge is 0.338 e. The van der Waals surface area contributed by atoms with Crippen LogP contribution in [0.1, 0.15) is 30.5 Å². The molecule has 3 aromatic rings. The number of hydrogen-bond donors (Lipinski definition) is 1. The molecule has 0 spiro atoms. The zero-order chi connectivity index (χ0) is 16.9. The average molecular weight is 357 g/mol. The lowest BCUT2D eigenvalue weighted by Gasteiger charge is -2.10. The maximum absolute atomic E-state index is 6.09. The Labute approximate surface area is 152 Å². The number of H-pyrrole nitrogens is 1. The number of aromatic amines is 1. The highest BCUT2D eigenvalue weighted by Gasteiger charge is 2.06. The summed E-state index contributed by atoms with van der Waals surface area (Å²) in [7, 11) is 0. The van der Waals surface area contributed by atoms with Crippen molar-refractivity contribution in [2.75, 3.05) is 0 Å². The van der Waals surface area contributed by atoms with Crippen molar-refractivity contribution < 1.29 is 0 Å². The van der Waals surface area contributed by atoms with E-state index in [1.165, 1.54) is 5.56 Å². The Balaban J connectivity index is 1.64. The van der Waals surface area contributed by atoms with E-state index in [2.05, 4.69) is 29.0 Å². The van der Waals surface area contributed by atoms with Gasteiger partial charge in [0, 0.05) is 5.56 Å². The summed E-state index contributed by atoms with van der Waals surface area (Å²) >= 11 is 12.1. The minimum atomic E-state index is 0.368. The fourth-order valence-electron chi connectivity index (χ4n) is 2.52. The molecule has 0 saturated heterocycles. The van der Waals surface area contributed by atoms with Crippen LogP contribution in [0.15, 0.2) is 60.8 Å². The van der Waals surface area contributed by atoms with Crippen molar-refractivity contribution in [3.05, 3.63) is 82.1 Å². The zero-order valence-electron chi connectivity index (χ0n) is 13.3. The third-order valence-electron chi connectivity index (χ3n) is 3.94. The Morgan fingerprint density at radius 1 is 1.08 bits per heavy atom. The van der Waals surface area contributed by atoms with Gasteiger partial charge in [-0.05, 0) is 36.1 Å². The molecule has 1 heterocycles. The number of rotatable bonds is 5. The summed E-state index contributed by atoms with van der Waals surface area (Å²) < 4.78 is 0. The van der Waals surface area contributed by atoms with E-state index < -0.39 is 0 Å². The third kappa shape index (κ3) is 4.08. The number of aromatic nitrogens is 2. The zero-order valence-corrected chi connectivity index (χ0v) is 14.9. The smallest absolute Gasteiger partial charge is 0.137 e. The average Bonchev–Trinajstić information content (AvgIpc) is 3.07. The van der Waals surface area contributed by atoms with E-state index in [-0.39, 0.29) is 0 Å². The standard InChI is InChI=1S/C20H18Cl2N2/c1-14(16-10-11-18(21)19(22)12-16)6-5-9-17-13-23-20(24-17)15-7-3-2-4-8-15/h2-5,7-14H,6H2,1H3,(H,23,24)/t14-/m0/s1. The van der Waals surface area contributed by atoms with Gasteiger partial charge in [0.15, 0.2) is 0 Å². The molecule has 2 aromatic carbocycles. The maximum Gasteiger partial charge on any atom is 0.137 e. The van der Waals surface area contributed by atoms with Gasteiger partial charge in [-0.25, -0.2) is 4.98 Å². The number of allylic oxidation sites excluding steroid dienone is 1. The molecule has 1 aromatic heterocycles. The Hall–Kier alpha value is -2.03. The molecule has 0 bridgehead atoms. The van der Waals surface area contributed by atoms with Gasteiger partial charge in [-0.1, -0.05) is 72.6 Å². The molecule has 0 amide bonds. The quantitative estimate of drug-likeness (QED) is 0.548. The second kappa shape index (κ2) is 7.69. The lowest BCUT2D eigenvalue weighted by atomic mass is 9.97. The monoisotopic (exact) mass is 356 g/mol. The van der Waals surface area contributed by atoms with Crippen molar-refractivity contribution in [3.63, 3.8) is 0 Å². The van der Waals surface area contributed by atoms with Crippen molar-refractivity contribution in [1.82, 2.24) is 9.97 Å². The van der Waals surface area contributed by atoms with E-state index in [4.69, 9.17) is 23.2 Å². The summed E-state index contributed by atoms with van der Waals surface area (Å²) in [4.78, 5) is 7.75. The van der Waals surface area contributed by atoms with Gasteiger partial charge in [0.25, 0.3) is 0 Å². The number of imidazole rings is 1. The number of nitrogens with one attached hydrogen (secondary N) is 1. The molecule has 2 nitrogen and oxygen atoms in total. The molecule has 0 saturated carbocycles. The second-order valence-corrected chi connectivity index (χ2v) is 6.58. The highest BCUT2D eigenvalue weighted by Crippen LogP contribution is 2.28. The van der Waals surface area contributed by atoms with Crippen LogP contribution in [0.2, 0.25) is 10.0 Å². The van der Waals surface area contributed by atoms with E-state index in [0.717, 1.165) is 23.5 Å². The van der Waals surface area contributed by atoms with E-state index in [0.29, 0.717) is 16.0 Å². The third-order valence-corrected chi connectivity index (χ3v) is 4.68. The Morgan fingerprint density at radius 3 is 2.62 bits per heavy atom. The highest BCUT2D eigenvalue weighted by atomic mass is 35.5. The molecular weight excluding hydrogens is 339 g/mol. The molecule has 4 heteroatoms. The first-order chi connectivity index (χ1) is 11.6. The lowest BCUT2D eigenvalue weighted by molar-refractivity contribution is 0.782. The summed E-state index contributed by atoms with van der Waals surface area (Å²) in [6.45, 7) is 2.17. The van der Waals surface area contributed by atoms with Crippen molar-refractivity contribution in [1.29, 1.82) is 0 Å². The van der Waals surface area contributed by atoms with Crippen LogP contribution >= 0.6 is 23.2 Å². The van der Waals surface area contributed by atoms with Crippen LogP contribution in [0, 0.1) is 0 Å². The normalized spacial score (nSPS) is 12.6. The fourth-order valence-corrected chi connectivity index (χ4v) is 2.82. The molecule has 122 valence electrons. The molecule has 1 atom stereocenters. The van der Waals surface area contributed by atoms with Gasteiger partial charge in [0.2, 0.25) is 0 Å². The molecule has 1 N–H and O–H groups in total. The molecule has 0 aliphatic heterocycles. The molecular formula is C20H18Cl2N2. The Morgan fingerprint density at radius 2 is 1.88 bits per heavy atom. The lowest BCUT2D eigenvalue weighted by Crippen LogP contribution is -1.91. The molecule has 0 aliphatic rings. The molecule has 3 rings (SSSR count). The molecule has 24 heavy (non-hydrogen) atoms. The van der Waals surface area contributed by atoms with E-state index in [1.54, 1.807) is 0 Å². The molecule has 0 fully saturated rings. The number of nitrogens with zero attached hydrogens (tertiary/aromatic N) is 1. The highest BCUT2D eigenvalue weighted by molar-refractivity contribution is 6.42. The van der Waals surface area contributed by atoms with Crippen LogP contribution in [0.4, 0.5) is 0 Å². The molecule has 0 radical (unpaired) electrons. The SMILES string of the molecule is C[C@@H](CC=Cc1cnc(-c2ccccc2)[nH]1)c1ccc(Cl)c(Cl)c1. The minimum absolute atomic E-state index is 0.368. The Kier molecular flexibility index (Phi) is 5.39. The summed E-state index contributed by atoms with van der Waals surface area (Å²) in [5.74, 6) is 1.25. The first kappa shape index (κ1) is 16.8. The van der Waals surface area contributed by atoms with Gasteiger partial charge >= 0.3 is 0 Å². The maximum atomic E-state index is 6.09. The van der Waals surface area contributed by atoms with Crippen molar-refractivity contribution in [2.24, 2.45) is 0 Å². The first-order valence-electron chi connectivity index (χ1n) is 7.85. The number of halogens is 2. The van der Waals surface area contributed by atoms with Crippen LogP contribution < -0.4 is 0 Å². The van der Waals surface area contributed by atoms with Crippen LogP contribution in [0.25, 0.3) is 17.5 Å². The van der Waals surface area contributed by atoms with Gasteiger partial charge in [0.1, 0.15) is 5.82 Å². The topological polar surface area (TPSA) is 28.7 Å². The summed E-state index contributed by atoms with van der Waals surface area (Å²) in [5.41, 5.74) is 3.26. The van der Waals surface area contributed by atoms with Crippen LogP contribution in [-0.4, -0.2) is 9.97 Å². The summed E-state index contributed by atoms with van der Waals surface area (Å²) in [5, 5.41) is 1.19. The molecule has 0 aliphatic carbocycles.